The van der Waals surface area contributed by atoms with Crippen molar-refractivity contribution in [3.05, 3.63) is 69.4 Å². The molecule has 0 saturated carbocycles. The van der Waals surface area contributed by atoms with E-state index in [0.29, 0.717) is 16.6 Å². The van der Waals surface area contributed by atoms with Crippen molar-refractivity contribution in [2.45, 2.75) is 45.6 Å². The second-order valence-corrected chi connectivity index (χ2v) is 7.26. The third-order valence-electron chi connectivity index (χ3n) is 4.21. The highest BCUT2D eigenvalue weighted by Gasteiger charge is 2.19. The van der Waals surface area contributed by atoms with Crippen molar-refractivity contribution in [3.63, 3.8) is 0 Å². The van der Waals surface area contributed by atoms with Crippen molar-refractivity contribution in [2.24, 2.45) is 0 Å². The van der Waals surface area contributed by atoms with E-state index in [1.54, 1.807) is 18.2 Å². The summed E-state index contributed by atoms with van der Waals surface area (Å²) in [7, 11) is 0. The van der Waals surface area contributed by atoms with Crippen LogP contribution in [0.4, 0.5) is 4.39 Å². The molecule has 6 heteroatoms. The summed E-state index contributed by atoms with van der Waals surface area (Å²) in [5.41, 5.74) is 0.797. The smallest absolute Gasteiger partial charge is 0.339 e. The first kappa shape index (κ1) is 22.1. The topological polar surface area (TPSA) is 52.6 Å². The molecule has 2 aromatic carbocycles. The molecule has 0 bridgehead atoms. The van der Waals surface area contributed by atoms with Crippen LogP contribution in [-0.4, -0.2) is 18.5 Å². The van der Waals surface area contributed by atoms with Gasteiger partial charge in [-0.3, -0.25) is 0 Å². The van der Waals surface area contributed by atoms with E-state index in [2.05, 4.69) is 22.9 Å². The lowest BCUT2D eigenvalue weighted by atomic mass is 10.1. The molecule has 2 rings (SSSR count). The standard InChI is InChI=1S/C22H24BrFO4/c1-2-3-4-5-8-13-27-21(25)18-9-6-7-10-19(18)22(26)28-15-16-14-17(24)11-12-20(16)23/h6-7,9-12,14H,2-5,8,13,15H2,1H3. The van der Waals surface area contributed by atoms with E-state index in [-0.39, 0.29) is 17.7 Å². The fourth-order valence-electron chi connectivity index (χ4n) is 2.66. The second-order valence-electron chi connectivity index (χ2n) is 6.41. The van der Waals surface area contributed by atoms with Gasteiger partial charge >= 0.3 is 11.9 Å². The third kappa shape index (κ3) is 6.75. The monoisotopic (exact) mass is 450 g/mol. The Morgan fingerprint density at radius 2 is 1.57 bits per heavy atom. The lowest BCUT2D eigenvalue weighted by Gasteiger charge is -2.10. The molecule has 0 fully saturated rings. The molecule has 0 spiro atoms. The Hall–Kier alpha value is -2.21. The maximum absolute atomic E-state index is 13.4. The maximum atomic E-state index is 13.4. The van der Waals surface area contributed by atoms with E-state index in [1.807, 2.05) is 0 Å². The van der Waals surface area contributed by atoms with Gasteiger partial charge in [0.2, 0.25) is 0 Å². The summed E-state index contributed by atoms with van der Waals surface area (Å²) in [6.45, 7) is 2.35. The van der Waals surface area contributed by atoms with E-state index in [4.69, 9.17) is 9.47 Å². The zero-order valence-electron chi connectivity index (χ0n) is 15.9. The van der Waals surface area contributed by atoms with Gasteiger partial charge in [-0.2, -0.15) is 0 Å². The van der Waals surface area contributed by atoms with Crippen LogP contribution in [-0.2, 0) is 16.1 Å². The lowest BCUT2D eigenvalue weighted by Crippen LogP contribution is -2.14. The van der Waals surface area contributed by atoms with Gasteiger partial charge < -0.3 is 9.47 Å². The van der Waals surface area contributed by atoms with Gasteiger partial charge in [0, 0.05) is 10.0 Å². The van der Waals surface area contributed by atoms with Crippen LogP contribution in [0.25, 0.3) is 0 Å². The molecule has 0 aliphatic rings. The highest BCUT2D eigenvalue weighted by atomic mass is 79.9. The number of carbonyl (C=O) groups is 2. The molecular formula is C22H24BrFO4. The number of rotatable bonds is 10. The maximum Gasteiger partial charge on any atom is 0.339 e. The average molecular weight is 451 g/mol. The molecule has 0 aromatic heterocycles. The molecule has 0 N–H and O–H groups in total. The number of carbonyl (C=O) groups excluding carboxylic acids is 2. The molecule has 0 radical (unpaired) electrons. The molecule has 28 heavy (non-hydrogen) atoms. The van der Waals surface area contributed by atoms with E-state index < -0.39 is 17.8 Å². The van der Waals surface area contributed by atoms with Crippen LogP contribution in [0.1, 0.15) is 65.3 Å². The van der Waals surface area contributed by atoms with Crippen LogP contribution in [0.2, 0.25) is 0 Å². The van der Waals surface area contributed by atoms with E-state index in [9.17, 15) is 14.0 Å². The Bertz CT molecular complexity index is 807. The van der Waals surface area contributed by atoms with Crippen molar-refractivity contribution in [3.8, 4) is 0 Å². The predicted octanol–water partition coefficient (Wildman–Crippen LogP) is 6.07. The first-order chi connectivity index (χ1) is 13.5. The SMILES string of the molecule is CCCCCCCOC(=O)c1ccccc1C(=O)OCc1cc(F)ccc1Br. The Balaban J connectivity index is 1.95. The molecule has 0 aliphatic carbocycles. The highest BCUT2D eigenvalue weighted by Crippen LogP contribution is 2.20. The fraction of sp³-hybridized carbons (Fsp3) is 0.364. The Morgan fingerprint density at radius 1 is 0.929 bits per heavy atom. The van der Waals surface area contributed by atoms with Gasteiger partial charge in [0.15, 0.2) is 0 Å². The van der Waals surface area contributed by atoms with E-state index >= 15 is 0 Å². The quantitative estimate of drug-likeness (QED) is 0.325. The van der Waals surface area contributed by atoms with E-state index in [0.717, 1.165) is 25.7 Å². The largest absolute Gasteiger partial charge is 0.462 e. The van der Waals surface area contributed by atoms with Crippen molar-refractivity contribution in [1.82, 2.24) is 0 Å². The minimum Gasteiger partial charge on any atom is -0.462 e. The van der Waals surface area contributed by atoms with Gasteiger partial charge in [0.25, 0.3) is 0 Å². The summed E-state index contributed by atoms with van der Waals surface area (Å²) in [5.74, 6) is -1.63. The van der Waals surface area contributed by atoms with Crippen LogP contribution >= 0.6 is 15.9 Å². The molecule has 0 amide bonds. The number of hydrogen-bond acceptors (Lipinski definition) is 4. The minimum atomic E-state index is -0.661. The zero-order valence-corrected chi connectivity index (χ0v) is 17.5. The number of hydrogen-bond donors (Lipinski definition) is 0. The fourth-order valence-corrected chi connectivity index (χ4v) is 3.02. The van der Waals surface area contributed by atoms with Gasteiger partial charge in [0.05, 0.1) is 17.7 Å². The van der Waals surface area contributed by atoms with E-state index in [1.165, 1.54) is 30.7 Å². The molecule has 4 nitrogen and oxygen atoms in total. The van der Waals surface area contributed by atoms with Crippen molar-refractivity contribution >= 4 is 27.9 Å². The minimum absolute atomic E-state index is 0.113. The van der Waals surface area contributed by atoms with Crippen LogP contribution in [0.15, 0.2) is 46.9 Å². The average Bonchev–Trinajstić information content (AvgIpc) is 2.70. The molecule has 0 atom stereocenters. The van der Waals surface area contributed by atoms with Crippen LogP contribution in [0, 0.1) is 5.82 Å². The Kier molecular flexibility index (Phi) is 9.14. The van der Waals surface area contributed by atoms with Crippen molar-refractivity contribution in [1.29, 1.82) is 0 Å². The molecule has 0 unspecified atom stereocenters. The highest BCUT2D eigenvalue weighted by molar-refractivity contribution is 9.10. The number of unbranched alkanes of at least 4 members (excludes halogenated alkanes) is 4. The summed E-state index contributed by atoms with van der Waals surface area (Å²) in [4.78, 5) is 24.8. The number of benzene rings is 2. The van der Waals surface area contributed by atoms with Gasteiger partial charge in [-0.1, -0.05) is 60.7 Å². The predicted molar refractivity (Wildman–Crippen MR) is 109 cm³/mol. The van der Waals surface area contributed by atoms with Crippen LogP contribution in [0.3, 0.4) is 0 Å². The molecule has 150 valence electrons. The summed E-state index contributed by atoms with van der Waals surface area (Å²) in [5, 5.41) is 0. The van der Waals surface area contributed by atoms with Crippen LogP contribution < -0.4 is 0 Å². The normalized spacial score (nSPS) is 10.5. The molecule has 0 heterocycles. The molecule has 0 aliphatic heterocycles. The zero-order chi connectivity index (χ0) is 20.4. The Labute approximate surface area is 173 Å². The van der Waals surface area contributed by atoms with Gasteiger partial charge in [-0.15, -0.1) is 0 Å². The second kappa shape index (κ2) is 11.6. The number of esters is 2. The third-order valence-corrected chi connectivity index (χ3v) is 4.99. The van der Waals surface area contributed by atoms with Gasteiger partial charge in [-0.25, -0.2) is 14.0 Å². The van der Waals surface area contributed by atoms with Crippen LogP contribution in [0.5, 0.6) is 0 Å². The molecular weight excluding hydrogens is 427 g/mol. The van der Waals surface area contributed by atoms with Gasteiger partial charge in [0.1, 0.15) is 12.4 Å². The lowest BCUT2D eigenvalue weighted by molar-refractivity contribution is 0.0435. The molecule has 0 saturated heterocycles. The molecule has 2 aromatic rings. The summed E-state index contributed by atoms with van der Waals surface area (Å²) < 4.78 is 24.6. The number of halogens is 2. The Morgan fingerprint density at radius 3 is 2.25 bits per heavy atom. The summed E-state index contributed by atoms with van der Waals surface area (Å²) >= 11 is 3.29. The van der Waals surface area contributed by atoms with Crippen molar-refractivity contribution < 1.29 is 23.5 Å². The van der Waals surface area contributed by atoms with Gasteiger partial charge in [-0.05, 0) is 36.8 Å². The first-order valence-corrected chi connectivity index (χ1v) is 10.2. The summed E-state index contributed by atoms with van der Waals surface area (Å²) in [6.07, 6.45) is 5.25. The summed E-state index contributed by atoms with van der Waals surface area (Å²) in [6, 6.07) is 10.5. The number of ether oxygens (including phenoxy) is 2. The first-order valence-electron chi connectivity index (χ1n) is 9.40. The van der Waals surface area contributed by atoms with Crippen molar-refractivity contribution in [2.75, 3.05) is 6.61 Å².